The molecule has 5 heteroatoms. The van der Waals surface area contributed by atoms with Gasteiger partial charge in [-0.1, -0.05) is 27.7 Å². The summed E-state index contributed by atoms with van der Waals surface area (Å²) in [6, 6.07) is 0.829. The first kappa shape index (κ1) is 17.5. The lowest BCUT2D eigenvalue weighted by Crippen LogP contribution is -2.36. The molecule has 1 heterocycles. The third-order valence-electron chi connectivity index (χ3n) is 2.97. The van der Waals surface area contributed by atoms with Gasteiger partial charge in [0.1, 0.15) is 12.2 Å². The summed E-state index contributed by atoms with van der Waals surface area (Å²) in [5.74, 6) is 2.19. The van der Waals surface area contributed by atoms with Crippen LogP contribution in [0.3, 0.4) is 0 Å². The average Bonchev–Trinajstić information content (AvgIpc) is 2.79. The molecule has 0 aliphatic carbocycles. The molecular formula is C15H30N4S. The van der Waals surface area contributed by atoms with Crippen molar-refractivity contribution in [2.45, 2.75) is 71.2 Å². The quantitative estimate of drug-likeness (QED) is 0.799. The molecule has 0 saturated carbocycles. The summed E-state index contributed by atoms with van der Waals surface area (Å²) in [6.07, 6.45) is 3.78. The normalized spacial score (nSPS) is 13.9. The smallest absolute Gasteiger partial charge is 0.138 e. The highest BCUT2D eigenvalue weighted by atomic mass is 32.2. The van der Waals surface area contributed by atoms with Gasteiger partial charge >= 0.3 is 0 Å². The second-order valence-corrected chi connectivity index (χ2v) is 8.34. The molecule has 1 aromatic rings. The summed E-state index contributed by atoms with van der Waals surface area (Å²) in [5.41, 5.74) is 0. The molecule has 0 aliphatic rings. The van der Waals surface area contributed by atoms with Crippen LogP contribution < -0.4 is 5.32 Å². The second-order valence-electron chi connectivity index (χ2n) is 6.49. The summed E-state index contributed by atoms with van der Waals surface area (Å²) in [7, 11) is 0. The van der Waals surface area contributed by atoms with E-state index in [1.165, 1.54) is 0 Å². The minimum Gasteiger partial charge on any atom is -0.313 e. The summed E-state index contributed by atoms with van der Waals surface area (Å²) < 4.78 is 2.33. The Hall–Kier alpha value is -0.550. The molecule has 4 nitrogen and oxygen atoms in total. The van der Waals surface area contributed by atoms with Gasteiger partial charge in [0, 0.05) is 29.0 Å². The van der Waals surface area contributed by atoms with E-state index in [-0.39, 0.29) is 0 Å². The Kier molecular flexibility index (Phi) is 7.03. The topological polar surface area (TPSA) is 42.7 Å². The average molecular weight is 298 g/mol. The SMILES string of the molecule is CCCNC(CSC(C)(C)C)Cc1ncnn1C(C)C. The Balaban J connectivity index is 2.65. The summed E-state index contributed by atoms with van der Waals surface area (Å²) in [6.45, 7) is 14.4. The number of nitrogens with one attached hydrogen (secondary N) is 1. The Morgan fingerprint density at radius 1 is 1.35 bits per heavy atom. The standard InChI is InChI=1S/C15H30N4S/c1-7-8-16-13(10-20-15(4,5)6)9-14-17-11-18-19(14)12(2)3/h11-13,16H,7-10H2,1-6H3. The van der Waals surface area contributed by atoms with Gasteiger partial charge in [0.2, 0.25) is 0 Å². The van der Waals surface area contributed by atoms with Crippen LogP contribution in [0.5, 0.6) is 0 Å². The van der Waals surface area contributed by atoms with Crippen molar-refractivity contribution in [1.82, 2.24) is 20.1 Å². The van der Waals surface area contributed by atoms with Crippen LogP contribution in [-0.2, 0) is 6.42 Å². The lowest BCUT2D eigenvalue weighted by molar-refractivity contribution is 0.472. The second kappa shape index (κ2) is 8.03. The third kappa shape index (κ3) is 6.27. The van der Waals surface area contributed by atoms with Gasteiger partial charge in [-0.25, -0.2) is 9.67 Å². The lowest BCUT2D eigenvalue weighted by atomic mass is 10.2. The van der Waals surface area contributed by atoms with Crippen LogP contribution in [0.15, 0.2) is 6.33 Å². The molecular weight excluding hydrogens is 268 g/mol. The van der Waals surface area contributed by atoms with Gasteiger partial charge in [0.15, 0.2) is 0 Å². The van der Waals surface area contributed by atoms with Crippen LogP contribution in [-0.4, -0.2) is 37.9 Å². The molecule has 0 saturated heterocycles. The molecule has 0 radical (unpaired) electrons. The molecule has 116 valence electrons. The first-order valence-electron chi connectivity index (χ1n) is 7.59. The minimum absolute atomic E-state index is 0.303. The summed E-state index contributed by atoms with van der Waals surface area (Å²) in [4.78, 5) is 4.43. The van der Waals surface area contributed by atoms with E-state index in [1.54, 1.807) is 6.33 Å². The van der Waals surface area contributed by atoms with Crippen molar-refractivity contribution in [2.75, 3.05) is 12.3 Å². The maximum Gasteiger partial charge on any atom is 0.138 e. The van der Waals surface area contributed by atoms with Crippen molar-refractivity contribution >= 4 is 11.8 Å². The van der Waals surface area contributed by atoms with Gasteiger partial charge in [-0.15, -0.1) is 0 Å². The van der Waals surface area contributed by atoms with Gasteiger partial charge in [-0.05, 0) is 26.8 Å². The van der Waals surface area contributed by atoms with E-state index in [0.29, 0.717) is 16.8 Å². The zero-order valence-corrected chi connectivity index (χ0v) is 14.6. The zero-order valence-electron chi connectivity index (χ0n) is 13.8. The van der Waals surface area contributed by atoms with E-state index < -0.39 is 0 Å². The number of hydrogen-bond donors (Lipinski definition) is 1. The van der Waals surface area contributed by atoms with E-state index in [0.717, 1.165) is 31.0 Å². The van der Waals surface area contributed by atoms with Crippen LogP contribution in [0.1, 0.15) is 59.8 Å². The van der Waals surface area contributed by atoms with Gasteiger partial charge < -0.3 is 5.32 Å². The van der Waals surface area contributed by atoms with Gasteiger partial charge in [0.05, 0.1) is 0 Å². The lowest BCUT2D eigenvalue weighted by Gasteiger charge is -2.24. The molecule has 1 aromatic heterocycles. The van der Waals surface area contributed by atoms with Gasteiger partial charge in [-0.2, -0.15) is 16.9 Å². The van der Waals surface area contributed by atoms with Crippen LogP contribution in [0, 0.1) is 0 Å². The van der Waals surface area contributed by atoms with Crippen molar-refractivity contribution in [3.8, 4) is 0 Å². The number of aromatic nitrogens is 3. The van der Waals surface area contributed by atoms with E-state index >= 15 is 0 Å². The van der Waals surface area contributed by atoms with Crippen molar-refractivity contribution < 1.29 is 0 Å². The van der Waals surface area contributed by atoms with Gasteiger partial charge in [-0.3, -0.25) is 0 Å². The number of nitrogens with zero attached hydrogens (tertiary/aromatic N) is 3. The molecule has 0 bridgehead atoms. The van der Waals surface area contributed by atoms with Crippen LogP contribution in [0.2, 0.25) is 0 Å². The molecule has 0 aromatic carbocycles. The Morgan fingerprint density at radius 3 is 2.60 bits per heavy atom. The van der Waals surface area contributed by atoms with Crippen molar-refractivity contribution in [2.24, 2.45) is 0 Å². The van der Waals surface area contributed by atoms with Crippen LogP contribution in [0.25, 0.3) is 0 Å². The Labute approximate surface area is 128 Å². The van der Waals surface area contributed by atoms with Crippen molar-refractivity contribution in [3.63, 3.8) is 0 Å². The fourth-order valence-electron chi connectivity index (χ4n) is 1.96. The third-order valence-corrected chi connectivity index (χ3v) is 4.40. The van der Waals surface area contributed by atoms with E-state index in [9.17, 15) is 0 Å². The van der Waals surface area contributed by atoms with Crippen LogP contribution >= 0.6 is 11.8 Å². The van der Waals surface area contributed by atoms with E-state index in [1.807, 2.05) is 16.4 Å². The van der Waals surface area contributed by atoms with Crippen molar-refractivity contribution in [1.29, 1.82) is 0 Å². The molecule has 1 N–H and O–H groups in total. The first-order chi connectivity index (χ1) is 9.33. The molecule has 0 spiro atoms. The van der Waals surface area contributed by atoms with E-state index in [2.05, 4.69) is 56.9 Å². The molecule has 0 amide bonds. The molecule has 0 aliphatic heterocycles. The van der Waals surface area contributed by atoms with Crippen LogP contribution in [0.4, 0.5) is 0 Å². The highest BCUT2D eigenvalue weighted by molar-refractivity contribution is 8.00. The highest BCUT2D eigenvalue weighted by Gasteiger charge is 2.18. The molecule has 1 unspecified atom stereocenters. The molecule has 20 heavy (non-hydrogen) atoms. The number of rotatable bonds is 8. The predicted octanol–water partition coefficient (Wildman–Crippen LogP) is 3.30. The minimum atomic E-state index is 0.303. The molecule has 1 rings (SSSR count). The zero-order chi connectivity index (χ0) is 15.2. The predicted molar refractivity (Wildman–Crippen MR) is 88.4 cm³/mol. The summed E-state index contributed by atoms with van der Waals surface area (Å²) in [5, 5.41) is 7.97. The number of hydrogen-bond acceptors (Lipinski definition) is 4. The van der Waals surface area contributed by atoms with Gasteiger partial charge in [0.25, 0.3) is 0 Å². The maximum absolute atomic E-state index is 4.43. The maximum atomic E-state index is 4.43. The molecule has 1 atom stereocenters. The Morgan fingerprint density at radius 2 is 2.05 bits per heavy atom. The first-order valence-corrected chi connectivity index (χ1v) is 8.57. The van der Waals surface area contributed by atoms with E-state index in [4.69, 9.17) is 0 Å². The monoisotopic (exact) mass is 298 g/mol. The largest absolute Gasteiger partial charge is 0.313 e. The Bertz CT molecular complexity index is 381. The summed E-state index contributed by atoms with van der Waals surface area (Å²) >= 11 is 2.01. The number of thioether (sulfide) groups is 1. The highest BCUT2D eigenvalue weighted by Crippen LogP contribution is 2.24. The van der Waals surface area contributed by atoms with Crippen molar-refractivity contribution in [3.05, 3.63) is 12.2 Å². The fourth-order valence-corrected chi connectivity index (χ4v) is 2.90. The molecule has 0 fully saturated rings. The fraction of sp³-hybridized carbons (Fsp3) is 0.867.